The van der Waals surface area contributed by atoms with Gasteiger partial charge in [-0.25, -0.2) is 13.2 Å². The van der Waals surface area contributed by atoms with Crippen molar-refractivity contribution in [3.63, 3.8) is 0 Å². The van der Waals surface area contributed by atoms with Gasteiger partial charge in [0.1, 0.15) is 11.5 Å². The number of anilines is 1. The molecule has 0 aliphatic rings. The summed E-state index contributed by atoms with van der Waals surface area (Å²) in [6.45, 7) is 0. The molecule has 0 radical (unpaired) electrons. The Morgan fingerprint density at radius 2 is 1.80 bits per heavy atom. The molecule has 0 fully saturated rings. The number of hydrogen-bond donors (Lipinski definition) is 1. The molecule has 82 valence electrons. The minimum Gasteiger partial charge on any atom is -0.321 e. The fourth-order valence-corrected chi connectivity index (χ4v) is 1.31. The summed E-state index contributed by atoms with van der Waals surface area (Å²) >= 11 is 3.00. The van der Waals surface area contributed by atoms with Crippen LogP contribution in [0.25, 0.3) is 0 Å². The minimum atomic E-state index is -1.13. The Balaban J connectivity index is 2.90. The third-order valence-corrected chi connectivity index (χ3v) is 1.99. The third kappa shape index (κ3) is 3.23. The maximum absolute atomic E-state index is 13.0. The summed E-state index contributed by atoms with van der Waals surface area (Å²) in [5, 5.41) is 2.40. The lowest BCUT2D eigenvalue weighted by atomic mass is 10.2. The second kappa shape index (κ2) is 5.16. The molecule has 1 N–H and O–H groups in total. The quantitative estimate of drug-likeness (QED) is 0.849. The summed E-state index contributed by atoms with van der Waals surface area (Å²) in [6.07, 6.45) is 0.0796. The average molecular weight is 282 g/mol. The summed E-state index contributed by atoms with van der Waals surface area (Å²) < 4.78 is 38.5. The number of carbonyl (C=O) groups is 1. The van der Waals surface area contributed by atoms with E-state index in [-0.39, 0.29) is 6.42 Å². The van der Waals surface area contributed by atoms with E-state index in [0.29, 0.717) is 17.5 Å². The highest BCUT2D eigenvalue weighted by atomic mass is 79.9. The summed E-state index contributed by atoms with van der Waals surface area (Å²) in [7, 11) is 0. The molecular formula is C9H7BrF3NO. The molecule has 2 nitrogen and oxygen atoms in total. The van der Waals surface area contributed by atoms with Crippen molar-refractivity contribution in [2.75, 3.05) is 10.6 Å². The van der Waals surface area contributed by atoms with Gasteiger partial charge in [-0.2, -0.15) is 0 Å². The first-order chi connectivity index (χ1) is 7.04. The van der Waals surface area contributed by atoms with Crippen molar-refractivity contribution in [3.8, 4) is 0 Å². The molecule has 0 aromatic heterocycles. The highest BCUT2D eigenvalue weighted by molar-refractivity contribution is 9.09. The number of nitrogens with one attached hydrogen (secondary N) is 1. The molecule has 0 aliphatic heterocycles. The second-order valence-corrected chi connectivity index (χ2v) is 3.52. The van der Waals surface area contributed by atoms with Crippen LogP contribution in [0.3, 0.4) is 0 Å². The first kappa shape index (κ1) is 12.0. The SMILES string of the molecule is O=C(CCBr)Nc1c(F)cc(F)cc1F. The lowest BCUT2D eigenvalue weighted by Crippen LogP contribution is -2.14. The van der Waals surface area contributed by atoms with Crippen molar-refractivity contribution < 1.29 is 18.0 Å². The van der Waals surface area contributed by atoms with Crippen molar-refractivity contribution in [3.05, 3.63) is 29.6 Å². The van der Waals surface area contributed by atoms with Crippen molar-refractivity contribution in [1.82, 2.24) is 0 Å². The van der Waals surface area contributed by atoms with Crippen molar-refractivity contribution >= 4 is 27.5 Å². The zero-order chi connectivity index (χ0) is 11.4. The lowest BCUT2D eigenvalue weighted by Gasteiger charge is -2.06. The molecule has 1 aromatic rings. The van der Waals surface area contributed by atoms with Gasteiger partial charge in [0.2, 0.25) is 5.91 Å². The van der Waals surface area contributed by atoms with Crippen LogP contribution in [0.2, 0.25) is 0 Å². The van der Waals surface area contributed by atoms with Crippen LogP contribution in [0, 0.1) is 17.5 Å². The fraction of sp³-hybridized carbons (Fsp3) is 0.222. The maximum atomic E-state index is 13.0. The van der Waals surface area contributed by atoms with Crippen LogP contribution in [-0.2, 0) is 4.79 Å². The Labute approximate surface area is 92.6 Å². The molecule has 15 heavy (non-hydrogen) atoms. The minimum absolute atomic E-state index is 0.0796. The molecule has 0 atom stereocenters. The van der Waals surface area contributed by atoms with Gasteiger partial charge in [-0.3, -0.25) is 4.79 Å². The number of carbonyl (C=O) groups excluding carboxylic acids is 1. The molecule has 0 heterocycles. The Morgan fingerprint density at radius 1 is 1.27 bits per heavy atom. The standard InChI is InChI=1S/C9H7BrF3NO/c10-2-1-8(15)14-9-6(12)3-5(11)4-7(9)13/h3-4H,1-2H2,(H,14,15). The van der Waals surface area contributed by atoms with Gasteiger partial charge in [-0.15, -0.1) is 0 Å². The van der Waals surface area contributed by atoms with Crippen LogP contribution in [0.5, 0.6) is 0 Å². The number of alkyl halides is 1. The van der Waals surface area contributed by atoms with E-state index in [1.54, 1.807) is 0 Å². The molecular weight excluding hydrogens is 275 g/mol. The largest absolute Gasteiger partial charge is 0.321 e. The van der Waals surface area contributed by atoms with Crippen LogP contribution >= 0.6 is 15.9 Å². The molecule has 0 saturated carbocycles. The molecule has 0 bridgehead atoms. The van der Waals surface area contributed by atoms with E-state index in [1.807, 2.05) is 5.32 Å². The Morgan fingerprint density at radius 3 is 2.27 bits per heavy atom. The Kier molecular flexibility index (Phi) is 4.14. The molecule has 0 saturated heterocycles. The summed E-state index contributed by atoms with van der Waals surface area (Å²) in [5.41, 5.74) is -0.623. The number of halogens is 4. The van der Waals surface area contributed by atoms with Gasteiger partial charge in [0.25, 0.3) is 0 Å². The number of amides is 1. The van der Waals surface area contributed by atoms with Crippen molar-refractivity contribution in [1.29, 1.82) is 0 Å². The van der Waals surface area contributed by atoms with Gasteiger partial charge in [0.15, 0.2) is 11.6 Å². The average Bonchev–Trinajstić information content (AvgIpc) is 2.11. The molecule has 0 aliphatic carbocycles. The first-order valence-electron chi connectivity index (χ1n) is 4.05. The van der Waals surface area contributed by atoms with E-state index < -0.39 is 29.0 Å². The van der Waals surface area contributed by atoms with E-state index in [4.69, 9.17) is 0 Å². The highest BCUT2D eigenvalue weighted by Crippen LogP contribution is 2.20. The van der Waals surface area contributed by atoms with Gasteiger partial charge in [-0.1, -0.05) is 15.9 Å². The Bertz CT molecular complexity index is 361. The van der Waals surface area contributed by atoms with E-state index in [9.17, 15) is 18.0 Å². The van der Waals surface area contributed by atoms with E-state index >= 15 is 0 Å². The monoisotopic (exact) mass is 281 g/mol. The predicted molar refractivity (Wildman–Crippen MR) is 53.4 cm³/mol. The number of rotatable bonds is 3. The van der Waals surface area contributed by atoms with Gasteiger partial charge in [-0.05, 0) is 0 Å². The van der Waals surface area contributed by atoms with E-state index in [1.165, 1.54) is 0 Å². The van der Waals surface area contributed by atoms with Crippen molar-refractivity contribution in [2.24, 2.45) is 0 Å². The number of benzene rings is 1. The van der Waals surface area contributed by atoms with Gasteiger partial charge in [0, 0.05) is 23.9 Å². The van der Waals surface area contributed by atoms with Gasteiger partial charge in [0.05, 0.1) is 0 Å². The summed E-state index contributed by atoms with van der Waals surface area (Å²) in [4.78, 5) is 11.0. The summed E-state index contributed by atoms with van der Waals surface area (Å²) in [6, 6.07) is 1.01. The zero-order valence-corrected chi connectivity index (χ0v) is 9.08. The number of hydrogen-bond acceptors (Lipinski definition) is 1. The molecule has 1 aromatic carbocycles. The first-order valence-corrected chi connectivity index (χ1v) is 5.17. The fourth-order valence-electron chi connectivity index (χ4n) is 0.949. The second-order valence-electron chi connectivity index (χ2n) is 2.73. The van der Waals surface area contributed by atoms with Crippen LogP contribution in [0.4, 0.5) is 18.9 Å². The molecule has 6 heteroatoms. The van der Waals surface area contributed by atoms with E-state index in [2.05, 4.69) is 15.9 Å². The van der Waals surface area contributed by atoms with E-state index in [0.717, 1.165) is 0 Å². The summed E-state index contributed by atoms with van der Waals surface area (Å²) in [5.74, 6) is -3.83. The Hall–Kier alpha value is -1.04. The molecule has 1 rings (SSSR count). The molecule has 0 unspecified atom stereocenters. The third-order valence-electron chi connectivity index (χ3n) is 1.59. The van der Waals surface area contributed by atoms with Crippen LogP contribution < -0.4 is 5.32 Å². The predicted octanol–water partition coefficient (Wildman–Crippen LogP) is 2.83. The zero-order valence-electron chi connectivity index (χ0n) is 7.49. The van der Waals surface area contributed by atoms with Gasteiger partial charge < -0.3 is 5.32 Å². The van der Waals surface area contributed by atoms with Crippen molar-refractivity contribution in [2.45, 2.75) is 6.42 Å². The van der Waals surface area contributed by atoms with Crippen LogP contribution in [0.15, 0.2) is 12.1 Å². The highest BCUT2D eigenvalue weighted by Gasteiger charge is 2.13. The smallest absolute Gasteiger partial charge is 0.225 e. The maximum Gasteiger partial charge on any atom is 0.225 e. The van der Waals surface area contributed by atoms with Crippen LogP contribution in [-0.4, -0.2) is 11.2 Å². The molecule has 0 spiro atoms. The lowest BCUT2D eigenvalue weighted by molar-refractivity contribution is -0.115. The van der Waals surface area contributed by atoms with Gasteiger partial charge >= 0.3 is 0 Å². The van der Waals surface area contributed by atoms with Crippen LogP contribution in [0.1, 0.15) is 6.42 Å². The topological polar surface area (TPSA) is 29.1 Å². The molecule has 1 amide bonds. The normalized spacial score (nSPS) is 10.1.